The molecule has 0 radical (unpaired) electrons. The first kappa shape index (κ1) is 19.2. The molecule has 2 aliphatic rings. The summed E-state index contributed by atoms with van der Waals surface area (Å²) in [7, 11) is 0. The third-order valence-electron chi connectivity index (χ3n) is 4.97. The molecular weight excluding hydrogens is 392 g/mol. The van der Waals surface area contributed by atoms with Crippen LogP contribution in [0.5, 0.6) is 11.5 Å². The van der Waals surface area contributed by atoms with Crippen LogP contribution in [0.1, 0.15) is 35.8 Å². The minimum atomic E-state index is -0.0970. The number of rotatable bonds is 4. The lowest BCUT2D eigenvalue weighted by Gasteiger charge is -2.17. The van der Waals surface area contributed by atoms with E-state index in [0.29, 0.717) is 29.7 Å². The van der Waals surface area contributed by atoms with Crippen molar-refractivity contribution in [2.45, 2.75) is 37.5 Å². The Bertz CT molecular complexity index is 932. The van der Waals surface area contributed by atoms with Crippen molar-refractivity contribution in [3.63, 3.8) is 0 Å². The monoisotopic (exact) mass is 414 g/mol. The van der Waals surface area contributed by atoms with E-state index in [1.165, 1.54) is 16.6 Å². The number of nitriles is 1. The summed E-state index contributed by atoms with van der Waals surface area (Å²) in [5.41, 5.74) is 1.79. The molecule has 1 aliphatic carbocycles. The molecule has 0 bridgehead atoms. The highest BCUT2D eigenvalue weighted by Crippen LogP contribution is 2.39. The summed E-state index contributed by atoms with van der Waals surface area (Å²) < 4.78 is 11.3. The first-order valence-corrected chi connectivity index (χ1v) is 11.3. The normalized spacial score (nSPS) is 17.9. The number of hydrogen-bond acceptors (Lipinski definition) is 6. The van der Waals surface area contributed by atoms with E-state index in [9.17, 15) is 10.1 Å². The largest absolute Gasteiger partial charge is 0.490 e. The molecule has 1 aromatic carbocycles. The van der Waals surface area contributed by atoms with E-state index in [-0.39, 0.29) is 11.7 Å². The van der Waals surface area contributed by atoms with Gasteiger partial charge in [-0.3, -0.25) is 4.79 Å². The van der Waals surface area contributed by atoms with Gasteiger partial charge in [0.2, 0.25) is 5.91 Å². The van der Waals surface area contributed by atoms with Crippen LogP contribution >= 0.6 is 23.1 Å². The molecule has 28 heavy (non-hydrogen) atoms. The van der Waals surface area contributed by atoms with Gasteiger partial charge in [0, 0.05) is 16.2 Å². The highest BCUT2D eigenvalue weighted by molar-refractivity contribution is 8.00. The average molecular weight is 415 g/mol. The maximum atomic E-state index is 12.5. The Morgan fingerprint density at radius 3 is 3.00 bits per heavy atom. The minimum absolute atomic E-state index is 0.0970. The molecule has 0 saturated carbocycles. The van der Waals surface area contributed by atoms with Gasteiger partial charge in [0.05, 0.1) is 24.5 Å². The number of nitrogens with zero attached hydrogens (tertiary/aromatic N) is 1. The zero-order valence-electron chi connectivity index (χ0n) is 15.7. The molecule has 0 spiro atoms. The number of amides is 1. The molecule has 7 heteroatoms. The molecule has 2 heterocycles. The number of thiophene rings is 1. The second kappa shape index (κ2) is 8.46. The maximum absolute atomic E-state index is 12.5. The van der Waals surface area contributed by atoms with Gasteiger partial charge in [-0.2, -0.15) is 5.26 Å². The average Bonchev–Trinajstić information content (AvgIpc) is 2.86. The minimum Gasteiger partial charge on any atom is -0.490 e. The molecule has 0 fully saturated rings. The predicted molar refractivity (Wildman–Crippen MR) is 112 cm³/mol. The third kappa shape index (κ3) is 4.13. The lowest BCUT2D eigenvalue weighted by Crippen LogP contribution is -2.14. The quantitative estimate of drug-likeness (QED) is 0.738. The Labute approximate surface area is 173 Å². The Morgan fingerprint density at radius 1 is 1.36 bits per heavy atom. The molecule has 2 aromatic rings. The van der Waals surface area contributed by atoms with Gasteiger partial charge in [-0.1, -0.05) is 6.92 Å². The van der Waals surface area contributed by atoms with Crippen LogP contribution < -0.4 is 14.8 Å². The van der Waals surface area contributed by atoms with Crippen LogP contribution in [-0.2, 0) is 17.6 Å². The first-order chi connectivity index (χ1) is 13.6. The molecule has 4 rings (SSSR count). The molecule has 146 valence electrons. The van der Waals surface area contributed by atoms with Crippen molar-refractivity contribution in [2.75, 3.05) is 24.3 Å². The molecule has 1 amide bonds. The smallest absolute Gasteiger partial charge is 0.235 e. The van der Waals surface area contributed by atoms with E-state index >= 15 is 0 Å². The zero-order valence-corrected chi connectivity index (χ0v) is 17.4. The predicted octanol–water partition coefficient (Wildman–Crippen LogP) is 4.64. The van der Waals surface area contributed by atoms with Gasteiger partial charge >= 0.3 is 0 Å². The lowest BCUT2D eigenvalue weighted by molar-refractivity contribution is -0.113. The number of carbonyl (C=O) groups is 1. The Hall–Kier alpha value is -2.17. The van der Waals surface area contributed by atoms with Gasteiger partial charge in [-0.15, -0.1) is 23.1 Å². The molecular formula is C21H22N2O3S2. The van der Waals surface area contributed by atoms with Crippen molar-refractivity contribution in [1.29, 1.82) is 5.26 Å². The van der Waals surface area contributed by atoms with Crippen LogP contribution in [0, 0.1) is 17.2 Å². The fourth-order valence-electron chi connectivity index (χ4n) is 3.50. The van der Waals surface area contributed by atoms with Crippen molar-refractivity contribution >= 4 is 34.0 Å². The number of benzene rings is 1. The molecule has 1 N–H and O–H groups in total. The van der Waals surface area contributed by atoms with Gasteiger partial charge in [-0.05, 0) is 48.9 Å². The Morgan fingerprint density at radius 2 is 2.18 bits per heavy atom. The highest BCUT2D eigenvalue weighted by atomic mass is 32.2. The van der Waals surface area contributed by atoms with Gasteiger partial charge in [0.25, 0.3) is 0 Å². The second-order valence-electron chi connectivity index (χ2n) is 7.16. The maximum Gasteiger partial charge on any atom is 0.235 e. The van der Waals surface area contributed by atoms with Crippen LogP contribution in [-0.4, -0.2) is 24.9 Å². The Kier molecular flexibility index (Phi) is 5.79. The van der Waals surface area contributed by atoms with Crippen molar-refractivity contribution in [3.8, 4) is 17.6 Å². The van der Waals surface area contributed by atoms with Crippen molar-refractivity contribution in [1.82, 2.24) is 0 Å². The summed E-state index contributed by atoms with van der Waals surface area (Å²) in [5.74, 6) is 2.30. The summed E-state index contributed by atoms with van der Waals surface area (Å²) in [5, 5.41) is 13.2. The standard InChI is InChI=1S/C21H22N2O3S2/c1-13-3-5-15-16(11-22)21(28-19(15)9-13)23-20(24)12-27-14-4-6-17-18(10-14)26-8-2-7-25-17/h4,6,10,13H,2-3,5,7-9,12H2,1H3,(H,23,24)/t13-/m0/s1. The van der Waals surface area contributed by atoms with Crippen molar-refractivity contribution < 1.29 is 14.3 Å². The summed E-state index contributed by atoms with van der Waals surface area (Å²) >= 11 is 3.01. The van der Waals surface area contributed by atoms with Crippen LogP contribution in [0.2, 0.25) is 0 Å². The SMILES string of the molecule is C[C@H]1CCc2c(sc(NC(=O)CSc3ccc4c(c3)OCCCO4)c2C#N)C1. The van der Waals surface area contributed by atoms with E-state index in [0.717, 1.165) is 47.6 Å². The van der Waals surface area contributed by atoms with Gasteiger partial charge < -0.3 is 14.8 Å². The fraction of sp³-hybridized carbons (Fsp3) is 0.429. The van der Waals surface area contributed by atoms with Crippen LogP contribution in [0.25, 0.3) is 0 Å². The molecule has 1 aliphatic heterocycles. The first-order valence-electron chi connectivity index (χ1n) is 9.51. The van der Waals surface area contributed by atoms with Crippen LogP contribution in [0.4, 0.5) is 5.00 Å². The summed E-state index contributed by atoms with van der Waals surface area (Å²) in [6.45, 7) is 3.53. The van der Waals surface area contributed by atoms with E-state index in [2.05, 4.69) is 18.3 Å². The number of ether oxygens (including phenoxy) is 2. The van der Waals surface area contributed by atoms with E-state index < -0.39 is 0 Å². The summed E-state index contributed by atoms with van der Waals surface area (Å²) in [6, 6.07) is 8.05. The molecule has 1 aromatic heterocycles. The second-order valence-corrected chi connectivity index (χ2v) is 9.32. The topological polar surface area (TPSA) is 71.3 Å². The van der Waals surface area contributed by atoms with Gasteiger partial charge in [0.15, 0.2) is 11.5 Å². The fourth-order valence-corrected chi connectivity index (χ4v) is 5.60. The third-order valence-corrected chi connectivity index (χ3v) is 7.13. The van der Waals surface area contributed by atoms with Crippen LogP contribution in [0.3, 0.4) is 0 Å². The highest BCUT2D eigenvalue weighted by Gasteiger charge is 2.24. The molecule has 5 nitrogen and oxygen atoms in total. The van der Waals surface area contributed by atoms with Gasteiger partial charge in [0.1, 0.15) is 11.1 Å². The Balaban J connectivity index is 1.40. The van der Waals surface area contributed by atoms with E-state index in [4.69, 9.17) is 9.47 Å². The number of thioether (sulfide) groups is 1. The molecule has 0 saturated heterocycles. The molecule has 0 unspecified atom stereocenters. The number of anilines is 1. The zero-order chi connectivity index (χ0) is 19.5. The lowest BCUT2D eigenvalue weighted by atomic mass is 9.89. The van der Waals surface area contributed by atoms with Crippen LogP contribution in [0.15, 0.2) is 23.1 Å². The summed E-state index contributed by atoms with van der Waals surface area (Å²) in [6.07, 6.45) is 3.89. The van der Waals surface area contributed by atoms with Crippen molar-refractivity contribution in [3.05, 3.63) is 34.2 Å². The molecule has 1 atom stereocenters. The van der Waals surface area contributed by atoms with Crippen molar-refractivity contribution in [2.24, 2.45) is 5.92 Å². The summed E-state index contributed by atoms with van der Waals surface area (Å²) in [4.78, 5) is 14.7. The van der Waals surface area contributed by atoms with E-state index in [1.54, 1.807) is 11.3 Å². The van der Waals surface area contributed by atoms with E-state index in [1.807, 2.05) is 18.2 Å². The number of fused-ring (bicyclic) bond motifs is 2. The van der Waals surface area contributed by atoms with Gasteiger partial charge in [-0.25, -0.2) is 0 Å². The number of carbonyl (C=O) groups excluding carboxylic acids is 1. The number of nitrogens with one attached hydrogen (secondary N) is 1. The number of hydrogen-bond donors (Lipinski definition) is 1.